The first-order valence-electron chi connectivity index (χ1n) is 7.41. The Bertz CT molecular complexity index is 678. The van der Waals surface area contributed by atoms with Gasteiger partial charge in [-0.05, 0) is 37.8 Å². The zero-order chi connectivity index (χ0) is 15.7. The molecular formula is C16H20N4OS. The van der Waals surface area contributed by atoms with E-state index in [1.807, 2.05) is 37.4 Å². The molecule has 1 aliphatic rings. The summed E-state index contributed by atoms with van der Waals surface area (Å²) in [5.74, 6) is 1.24. The second kappa shape index (κ2) is 6.04. The van der Waals surface area contributed by atoms with E-state index in [9.17, 15) is 4.79 Å². The molecule has 2 aromatic rings. The van der Waals surface area contributed by atoms with Crippen LogP contribution in [-0.4, -0.2) is 30.0 Å². The minimum Gasteiger partial charge on any atom is -0.363 e. The third-order valence-corrected chi connectivity index (χ3v) is 4.79. The van der Waals surface area contributed by atoms with Crippen molar-refractivity contribution in [2.75, 3.05) is 19.0 Å². The second-order valence-electron chi connectivity index (χ2n) is 5.91. The van der Waals surface area contributed by atoms with Crippen LogP contribution in [0.5, 0.6) is 0 Å². The first-order chi connectivity index (χ1) is 10.5. The largest absolute Gasteiger partial charge is 0.363 e. The fourth-order valence-electron chi connectivity index (χ4n) is 2.35. The van der Waals surface area contributed by atoms with E-state index in [1.54, 1.807) is 23.6 Å². The van der Waals surface area contributed by atoms with Crippen LogP contribution in [0.25, 0.3) is 0 Å². The highest BCUT2D eigenvalue weighted by Crippen LogP contribution is 2.42. The average molecular weight is 316 g/mol. The van der Waals surface area contributed by atoms with Crippen molar-refractivity contribution in [2.45, 2.75) is 25.8 Å². The van der Waals surface area contributed by atoms with Gasteiger partial charge in [0, 0.05) is 36.9 Å². The fraction of sp³-hybridized carbons (Fsp3) is 0.438. The van der Waals surface area contributed by atoms with Crippen molar-refractivity contribution in [3.05, 3.63) is 40.0 Å². The molecule has 1 N–H and O–H groups in total. The third-order valence-electron chi connectivity index (χ3n) is 3.75. The number of thiazole rings is 1. The molecule has 0 aromatic carbocycles. The number of aromatic nitrogens is 2. The van der Waals surface area contributed by atoms with Crippen LogP contribution in [0.2, 0.25) is 0 Å². The van der Waals surface area contributed by atoms with E-state index in [4.69, 9.17) is 0 Å². The Morgan fingerprint density at radius 3 is 2.82 bits per heavy atom. The molecule has 0 radical (unpaired) electrons. The van der Waals surface area contributed by atoms with Gasteiger partial charge in [-0.3, -0.25) is 4.79 Å². The van der Waals surface area contributed by atoms with Crippen molar-refractivity contribution < 1.29 is 4.79 Å². The average Bonchev–Trinajstić information content (AvgIpc) is 3.26. The molecule has 1 saturated carbocycles. The van der Waals surface area contributed by atoms with Crippen molar-refractivity contribution in [3.8, 4) is 0 Å². The van der Waals surface area contributed by atoms with Crippen LogP contribution >= 0.6 is 11.3 Å². The van der Waals surface area contributed by atoms with Crippen LogP contribution in [0.4, 0.5) is 5.82 Å². The molecule has 2 heterocycles. The molecule has 1 fully saturated rings. The normalized spacial score (nSPS) is 15.4. The van der Waals surface area contributed by atoms with Crippen molar-refractivity contribution >= 4 is 23.1 Å². The predicted molar refractivity (Wildman–Crippen MR) is 88.3 cm³/mol. The van der Waals surface area contributed by atoms with E-state index in [-0.39, 0.29) is 11.9 Å². The smallest absolute Gasteiger partial charge is 0.252 e. The van der Waals surface area contributed by atoms with E-state index in [2.05, 4.69) is 15.3 Å². The quantitative estimate of drug-likeness (QED) is 0.921. The minimum absolute atomic E-state index is 0.0298. The summed E-state index contributed by atoms with van der Waals surface area (Å²) in [5, 5.41) is 6.20. The number of carbonyl (C=O) groups excluding carboxylic acids is 1. The third kappa shape index (κ3) is 3.27. The Hall–Kier alpha value is -1.95. The van der Waals surface area contributed by atoms with Gasteiger partial charge in [0.15, 0.2) is 0 Å². The summed E-state index contributed by atoms with van der Waals surface area (Å²) in [4.78, 5) is 23.2. The SMILES string of the molecule is Cc1csc([C@@H](NC(=O)c2ccnc(N(C)C)c2)C2CC2)n1. The molecule has 6 heteroatoms. The Balaban J connectivity index is 1.78. The first-order valence-corrected chi connectivity index (χ1v) is 8.29. The second-order valence-corrected chi connectivity index (χ2v) is 6.80. The summed E-state index contributed by atoms with van der Waals surface area (Å²) in [6.45, 7) is 1.98. The summed E-state index contributed by atoms with van der Waals surface area (Å²) in [6, 6.07) is 3.59. The van der Waals surface area contributed by atoms with Crippen molar-refractivity contribution in [1.82, 2.24) is 15.3 Å². The van der Waals surface area contributed by atoms with E-state index >= 15 is 0 Å². The summed E-state index contributed by atoms with van der Waals surface area (Å²) in [5.41, 5.74) is 1.65. The number of anilines is 1. The number of rotatable bonds is 5. The lowest BCUT2D eigenvalue weighted by Gasteiger charge is -2.17. The van der Waals surface area contributed by atoms with Gasteiger partial charge in [0.2, 0.25) is 0 Å². The molecule has 116 valence electrons. The molecule has 2 aromatic heterocycles. The molecule has 1 aliphatic carbocycles. The van der Waals surface area contributed by atoms with Crippen LogP contribution < -0.4 is 10.2 Å². The molecule has 22 heavy (non-hydrogen) atoms. The van der Waals surface area contributed by atoms with E-state index in [0.29, 0.717) is 11.5 Å². The lowest BCUT2D eigenvalue weighted by atomic mass is 10.1. The Kier molecular flexibility index (Phi) is 4.11. The van der Waals surface area contributed by atoms with Crippen LogP contribution in [0, 0.1) is 12.8 Å². The van der Waals surface area contributed by atoms with Gasteiger partial charge in [0.1, 0.15) is 10.8 Å². The highest BCUT2D eigenvalue weighted by molar-refractivity contribution is 7.09. The molecule has 0 spiro atoms. The number of nitrogens with zero attached hydrogens (tertiary/aromatic N) is 3. The monoisotopic (exact) mass is 316 g/mol. The number of hydrogen-bond acceptors (Lipinski definition) is 5. The van der Waals surface area contributed by atoms with Crippen LogP contribution in [0.3, 0.4) is 0 Å². The standard InChI is InChI=1S/C16H20N4OS/c1-10-9-22-16(18-10)14(11-4-5-11)19-15(21)12-6-7-17-13(8-12)20(2)3/h6-9,11,14H,4-5H2,1-3H3,(H,19,21)/t14-/m0/s1. The molecule has 1 amide bonds. The van der Waals surface area contributed by atoms with Crippen LogP contribution in [0.1, 0.15) is 39.9 Å². The van der Waals surface area contributed by atoms with Crippen molar-refractivity contribution in [1.29, 1.82) is 0 Å². The first kappa shape index (κ1) is 15.0. The lowest BCUT2D eigenvalue weighted by Crippen LogP contribution is -2.30. The molecule has 3 rings (SSSR count). The van der Waals surface area contributed by atoms with Gasteiger partial charge in [-0.25, -0.2) is 9.97 Å². The van der Waals surface area contributed by atoms with Gasteiger partial charge in [-0.2, -0.15) is 0 Å². The molecule has 0 bridgehead atoms. The summed E-state index contributed by atoms with van der Waals surface area (Å²) < 4.78 is 0. The topological polar surface area (TPSA) is 58.1 Å². The van der Waals surface area contributed by atoms with Gasteiger partial charge in [-0.15, -0.1) is 11.3 Å². The molecule has 1 atom stereocenters. The Labute approximate surface area is 134 Å². The van der Waals surface area contributed by atoms with Gasteiger partial charge in [-0.1, -0.05) is 0 Å². The molecule has 0 aliphatic heterocycles. The Morgan fingerprint density at radius 2 is 2.23 bits per heavy atom. The van der Waals surface area contributed by atoms with Gasteiger partial charge in [0.25, 0.3) is 5.91 Å². The van der Waals surface area contributed by atoms with E-state index < -0.39 is 0 Å². The summed E-state index contributed by atoms with van der Waals surface area (Å²) in [6.07, 6.45) is 3.98. The maximum absolute atomic E-state index is 12.6. The van der Waals surface area contributed by atoms with Crippen molar-refractivity contribution in [3.63, 3.8) is 0 Å². The number of nitrogens with one attached hydrogen (secondary N) is 1. The summed E-state index contributed by atoms with van der Waals surface area (Å²) >= 11 is 1.62. The zero-order valence-electron chi connectivity index (χ0n) is 13.0. The van der Waals surface area contributed by atoms with Gasteiger partial charge >= 0.3 is 0 Å². The molecule has 5 nitrogen and oxygen atoms in total. The maximum atomic E-state index is 12.6. The van der Waals surface area contributed by atoms with Crippen LogP contribution in [0.15, 0.2) is 23.7 Å². The zero-order valence-corrected chi connectivity index (χ0v) is 13.9. The molecule has 0 unspecified atom stereocenters. The number of hydrogen-bond donors (Lipinski definition) is 1. The molecule has 0 saturated heterocycles. The predicted octanol–water partition coefficient (Wildman–Crippen LogP) is 2.79. The van der Waals surface area contributed by atoms with Crippen LogP contribution in [-0.2, 0) is 0 Å². The van der Waals surface area contributed by atoms with Gasteiger partial charge < -0.3 is 10.2 Å². The number of aryl methyl sites for hydroxylation is 1. The number of carbonyl (C=O) groups is 1. The fourth-order valence-corrected chi connectivity index (χ4v) is 3.29. The summed E-state index contributed by atoms with van der Waals surface area (Å²) in [7, 11) is 3.82. The Morgan fingerprint density at radius 1 is 1.45 bits per heavy atom. The minimum atomic E-state index is -0.0600. The maximum Gasteiger partial charge on any atom is 0.252 e. The highest BCUT2D eigenvalue weighted by Gasteiger charge is 2.35. The number of pyridine rings is 1. The van der Waals surface area contributed by atoms with E-state index in [0.717, 1.165) is 29.4 Å². The van der Waals surface area contributed by atoms with Crippen molar-refractivity contribution in [2.24, 2.45) is 5.92 Å². The molecular weight excluding hydrogens is 296 g/mol. The van der Waals surface area contributed by atoms with Gasteiger partial charge in [0.05, 0.1) is 6.04 Å². The van der Waals surface area contributed by atoms with E-state index in [1.165, 1.54) is 0 Å². The highest BCUT2D eigenvalue weighted by atomic mass is 32.1. The number of amides is 1. The lowest BCUT2D eigenvalue weighted by molar-refractivity contribution is 0.0931.